The zero-order valence-electron chi connectivity index (χ0n) is 6.16. The van der Waals surface area contributed by atoms with Crippen molar-refractivity contribution in [3.8, 4) is 0 Å². The van der Waals surface area contributed by atoms with Gasteiger partial charge in [0.1, 0.15) is 6.10 Å². The normalized spacial score (nSPS) is 23.2. The lowest BCUT2D eigenvalue weighted by molar-refractivity contribution is 0.409. The van der Waals surface area contributed by atoms with E-state index in [4.69, 9.17) is 4.74 Å². The van der Waals surface area contributed by atoms with Gasteiger partial charge in [-0.3, -0.25) is 4.68 Å². The molecule has 0 bridgehead atoms. The molecular formula is C7H10N2O. The molecule has 3 nitrogen and oxygen atoms in total. The number of ether oxygens (including phenoxy) is 1. The van der Waals surface area contributed by atoms with Gasteiger partial charge in [-0.25, -0.2) is 0 Å². The molecule has 3 heteroatoms. The Bertz CT molecular complexity index is 231. The number of aromatic nitrogens is 2. The second kappa shape index (κ2) is 1.83. The number of aryl methyl sites for hydroxylation is 2. The lowest BCUT2D eigenvalue weighted by Gasteiger charge is -1.88. The van der Waals surface area contributed by atoms with Gasteiger partial charge in [0.2, 0.25) is 0 Å². The fourth-order valence-electron chi connectivity index (χ4n) is 0.965. The van der Waals surface area contributed by atoms with Crippen molar-refractivity contribution in [1.29, 1.82) is 0 Å². The monoisotopic (exact) mass is 138 g/mol. The van der Waals surface area contributed by atoms with E-state index in [1.807, 2.05) is 18.7 Å². The van der Waals surface area contributed by atoms with Crippen LogP contribution in [-0.4, -0.2) is 16.4 Å². The fourth-order valence-corrected chi connectivity index (χ4v) is 0.965. The maximum Gasteiger partial charge on any atom is 0.125 e. The molecule has 2 rings (SSSR count). The van der Waals surface area contributed by atoms with Crippen molar-refractivity contribution in [3.05, 3.63) is 17.5 Å². The third-order valence-corrected chi connectivity index (χ3v) is 1.80. The van der Waals surface area contributed by atoms with Crippen LogP contribution in [0.15, 0.2) is 6.07 Å². The van der Waals surface area contributed by atoms with E-state index in [9.17, 15) is 0 Å². The molecule has 0 saturated carbocycles. The highest BCUT2D eigenvalue weighted by Gasteiger charge is 2.27. The van der Waals surface area contributed by atoms with Crippen molar-refractivity contribution in [2.45, 2.75) is 13.0 Å². The Morgan fingerprint density at radius 1 is 1.80 bits per heavy atom. The van der Waals surface area contributed by atoms with E-state index >= 15 is 0 Å². The standard InChI is InChI=1S/C7H10N2O/c1-5-3-6(7-4-10-7)8-9(5)2/h3,7H,4H2,1-2H3/t7-/m1/s1. The molecule has 2 heterocycles. The predicted octanol–water partition coefficient (Wildman–Crippen LogP) is 0.800. The van der Waals surface area contributed by atoms with Gasteiger partial charge in [-0.15, -0.1) is 0 Å². The van der Waals surface area contributed by atoms with Crippen molar-refractivity contribution >= 4 is 0 Å². The molecule has 0 N–H and O–H groups in total. The quantitative estimate of drug-likeness (QED) is 0.537. The van der Waals surface area contributed by atoms with E-state index < -0.39 is 0 Å². The van der Waals surface area contributed by atoms with Crippen LogP contribution in [0.5, 0.6) is 0 Å². The minimum absolute atomic E-state index is 0.292. The van der Waals surface area contributed by atoms with Gasteiger partial charge in [-0.05, 0) is 13.0 Å². The Labute approximate surface area is 59.6 Å². The molecule has 54 valence electrons. The van der Waals surface area contributed by atoms with Gasteiger partial charge in [0, 0.05) is 12.7 Å². The Morgan fingerprint density at radius 3 is 2.90 bits per heavy atom. The molecule has 0 spiro atoms. The van der Waals surface area contributed by atoms with Gasteiger partial charge in [-0.2, -0.15) is 5.10 Å². The Kier molecular flexibility index (Phi) is 1.08. The summed E-state index contributed by atoms with van der Waals surface area (Å²) in [6, 6.07) is 2.07. The Balaban J connectivity index is 2.34. The fraction of sp³-hybridized carbons (Fsp3) is 0.571. The van der Waals surface area contributed by atoms with Gasteiger partial charge in [-0.1, -0.05) is 0 Å². The minimum Gasteiger partial charge on any atom is -0.366 e. The molecule has 0 aromatic carbocycles. The zero-order valence-corrected chi connectivity index (χ0v) is 6.16. The molecule has 1 aliphatic heterocycles. The topological polar surface area (TPSA) is 30.4 Å². The van der Waals surface area contributed by atoms with Crippen molar-refractivity contribution in [2.75, 3.05) is 6.61 Å². The second-order valence-electron chi connectivity index (χ2n) is 2.66. The lowest BCUT2D eigenvalue weighted by atomic mass is 10.3. The SMILES string of the molecule is Cc1cc([C@H]2CO2)nn1C. The summed E-state index contributed by atoms with van der Waals surface area (Å²) in [7, 11) is 1.95. The molecule has 1 fully saturated rings. The van der Waals surface area contributed by atoms with Crippen LogP contribution in [0.3, 0.4) is 0 Å². The third-order valence-electron chi connectivity index (χ3n) is 1.80. The van der Waals surface area contributed by atoms with E-state index in [1.54, 1.807) is 0 Å². The van der Waals surface area contributed by atoms with Crippen LogP contribution in [0.4, 0.5) is 0 Å². The first-order valence-electron chi connectivity index (χ1n) is 3.39. The number of epoxide rings is 1. The van der Waals surface area contributed by atoms with Crippen LogP contribution in [-0.2, 0) is 11.8 Å². The lowest BCUT2D eigenvalue weighted by Crippen LogP contribution is -1.92. The summed E-state index contributed by atoms with van der Waals surface area (Å²) in [6.07, 6.45) is 0.292. The minimum atomic E-state index is 0.292. The van der Waals surface area contributed by atoms with Crippen molar-refractivity contribution in [3.63, 3.8) is 0 Å². The first-order chi connectivity index (χ1) is 4.77. The molecule has 0 amide bonds. The Hall–Kier alpha value is -0.830. The highest BCUT2D eigenvalue weighted by Crippen LogP contribution is 2.28. The van der Waals surface area contributed by atoms with Gasteiger partial charge in [0.25, 0.3) is 0 Å². The largest absolute Gasteiger partial charge is 0.366 e. The third kappa shape index (κ3) is 0.827. The zero-order chi connectivity index (χ0) is 7.14. The van der Waals surface area contributed by atoms with E-state index in [-0.39, 0.29) is 0 Å². The number of rotatable bonds is 1. The highest BCUT2D eigenvalue weighted by molar-refractivity contribution is 5.13. The predicted molar refractivity (Wildman–Crippen MR) is 36.6 cm³/mol. The average molecular weight is 138 g/mol. The summed E-state index contributed by atoms with van der Waals surface area (Å²) in [5.74, 6) is 0. The van der Waals surface area contributed by atoms with Crippen LogP contribution in [0, 0.1) is 6.92 Å². The van der Waals surface area contributed by atoms with Crippen LogP contribution in [0.25, 0.3) is 0 Å². The van der Waals surface area contributed by atoms with E-state index in [0.717, 1.165) is 12.3 Å². The maximum atomic E-state index is 5.09. The van der Waals surface area contributed by atoms with E-state index in [0.29, 0.717) is 6.10 Å². The number of hydrogen-bond acceptors (Lipinski definition) is 2. The van der Waals surface area contributed by atoms with Gasteiger partial charge in [0.15, 0.2) is 0 Å². The summed E-state index contributed by atoms with van der Waals surface area (Å²) in [6.45, 7) is 2.88. The molecule has 1 aliphatic rings. The van der Waals surface area contributed by atoms with Gasteiger partial charge >= 0.3 is 0 Å². The number of hydrogen-bond donors (Lipinski definition) is 0. The van der Waals surface area contributed by atoms with Gasteiger partial charge in [0.05, 0.1) is 12.3 Å². The summed E-state index contributed by atoms with van der Waals surface area (Å²) in [5.41, 5.74) is 2.26. The van der Waals surface area contributed by atoms with Crippen molar-refractivity contribution in [1.82, 2.24) is 9.78 Å². The molecule has 0 unspecified atom stereocenters. The summed E-state index contributed by atoms with van der Waals surface area (Å²) in [4.78, 5) is 0. The molecule has 1 atom stereocenters. The number of nitrogens with zero attached hydrogens (tertiary/aromatic N) is 2. The van der Waals surface area contributed by atoms with Crippen LogP contribution in [0.1, 0.15) is 17.5 Å². The first kappa shape index (κ1) is 5.92. The summed E-state index contributed by atoms with van der Waals surface area (Å²) < 4.78 is 6.96. The summed E-state index contributed by atoms with van der Waals surface area (Å²) in [5, 5.41) is 4.26. The second-order valence-corrected chi connectivity index (χ2v) is 2.66. The summed E-state index contributed by atoms with van der Waals surface area (Å²) >= 11 is 0. The van der Waals surface area contributed by atoms with Crippen LogP contribution in [0.2, 0.25) is 0 Å². The molecule has 10 heavy (non-hydrogen) atoms. The highest BCUT2D eigenvalue weighted by atomic mass is 16.6. The van der Waals surface area contributed by atoms with Crippen LogP contribution >= 0.6 is 0 Å². The molecule has 0 radical (unpaired) electrons. The molecular weight excluding hydrogens is 128 g/mol. The molecule has 1 aromatic rings. The Morgan fingerprint density at radius 2 is 2.50 bits per heavy atom. The average Bonchev–Trinajstić information content (AvgIpc) is 2.64. The molecule has 1 aromatic heterocycles. The van der Waals surface area contributed by atoms with Gasteiger partial charge < -0.3 is 4.74 Å². The first-order valence-corrected chi connectivity index (χ1v) is 3.39. The van der Waals surface area contributed by atoms with E-state index in [2.05, 4.69) is 11.2 Å². The molecule has 1 saturated heterocycles. The van der Waals surface area contributed by atoms with E-state index in [1.165, 1.54) is 5.69 Å². The van der Waals surface area contributed by atoms with Crippen LogP contribution < -0.4 is 0 Å². The maximum absolute atomic E-state index is 5.09. The smallest absolute Gasteiger partial charge is 0.125 e. The van der Waals surface area contributed by atoms with Crippen molar-refractivity contribution in [2.24, 2.45) is 7.05 Å². The molecule has 0 aliphatic carbocycles. The van der Waals surface area contributed by atoms with Crippen molar-refractivity contribution < 1.29 is 4.74 Å².